The molecule has 2 nitrogen and oxygen atoms in total. The number of nitrogens with zero attached hydrogens (tertiary/aromatic N) is 1. The number of halogens is 1. The zero-order valence-corrected chi connectivity index (χ0v) is 8.82. The maximum absolute atomic E-state index is 11.5. The second-order valence-electron chi connectivity index (χ2n) is 3.30. The van der Waals surface area contributed by atoms with E-state index < -0.39 is 0 Å². The van der Waals surface area contributed by atoms with Crippen LogP contribution in [0.15, 0.2) is 53.5 Å². The lowest BCUT2D eigenvalue weighted by molar-refractivity contribution is 0.760. The molecule has 1 aromatic carbocycles. The minimum Gasteiger partial charge on any atom is -0.310 e. The molecule has 0 aliphatic heterocycles. The maximum Gasteiger partial charge on any atom is 0.250 e. The molecule has 3 heteroatoms. The van der Waals surface area contributed by atoms with Gasteiger partial charge in [0, 0.05) is 12.3 Å². The van der Waals surface area contributed by atoms with Crippen LogP contribution in [0.4, 0.5) is 0 Å². The van der Waals surface area contributed by atoms with Crippen LogP contribution < -0.4 is 5.56 Å². The van der Waals surface area contributed by atoms with Crippen molar-refractivity contribution in [3.05, 3.63) is 69.6 Å². The van der Waals surface area contributed by atoms with Crippen LogP contribution >= 0.6 is 11.6 Å². The maximum atomic E-state index is 11.5. The topological polar surface area (TPSA) is 22.0 Å². The van der Waals surface area contributed by atoms with Crippen LogP contribution in [0.25, 0.3) is 0 Å². The Bertz CT molecular complexity index is 505. The molecule has 0 unspecified atom stereocenters. The van der Waals surface area contributed by atoms with E-state index in [1.54, 1.807) is 16.8 Å². The SMILES string of the molecule is O=c1ccc(Cl)cn1Cc1ccccc1. The normalized spacial score (nSPS) is 10.2. The molecule has 0 aliphatic carbocycles. The van der Waals surface area contributed by atoms with Gasteiger partial charge in [-0.3, -0.25) is 4.79 Å². The van der Waals surface area contributed by atoms with Gasteiger partial charge >= 0.3 is 0 Å². The van der Waals surface area contributed by atoms with Crippen LogP contribution in [0.5, 0.6) is 0 Å². The fourth-order valence-corrected chi connectivity index (χ4v) is 1.59. The van der Waals surface area contributed by atoms with Crippen molar-refractivity contribution in [2.45, 2.75) is 6.54 Å². The molecule has 1 heterocycles. The molecule has 2 aromatic rings. The first-order valence-electron chi connectivity index (χ1n) is 4.65. The molecule has 0 bridgehead atoms. The van der Waals surface area contributed by atoms with Gasteiger partial charge in [0.05, 0.1) is 11.6 Å². The minimum absolute atomic E-state index is 0.0387. The highest BCUT2D eigenvalue weighted by molar-refractivity contribution is 6.30. The Hall–Kier alpha value is -1.54. The number of rotatable bonds is 2. The number of aromatic nitrogens is 1. The molecule has 0 saturated carbocycles. The molecule has 76 valence electrons. The Kier molecular flexibility index (Phi) is 2.88. The van der Waals surface area contributed by atoms with Gasteiger partial charge in [-0.1, -0.05) is 41.9 Å². The van der Waals surface area contributed by atoms with E-state index in [-0.39, 0.29) is 5.56 Å². The summed E-state index contributed by atoms with van der Waals surface area (Å²) in [5.41, 5.74) is 1.05. The van der Waals surface area contributed by atoms with Crippen molar-refractivity contribution in [3.63, 3.8) is 0 Å². The van der Waals surface area contributed by atoms with Gasteiger partial charge in [-0.25, -0.2) is 0 Å². The minimum atomic E-state index is -0.0387. The van der Waals surface area contributed by atoms with Gasteiger partial charge in [0.15, 0.2) is 0 Å². The molecule has 0 fully saturated rings. The second kappa shape index (κ2) is 4.32. The third kappa shape index (κ3) is 2.48. The van der Waals surface area contributed by atoms with Crippen LogP contribution in [0, 0.1) is 0 Å². The van der Waals surface area contributed by atoms with E-state index in [0.717, 1.165) is 5.56 Å². The number of hydrogen-bond donors (Lipinski definition) is 0. The van der Waals surface area contributed by atoms with Gasteiger partial charge in [0.2, 0.25) is 0 Å². The van der Waals surface area contributed by atoms with E-state index in [0.29, 0.717) is 11.6 Å². The predicted molar refractivity (Wildman–Crippen MR) is 61.3 cm³/mol. The highest BCUT2D eigenvalue weighted by atomic mass is 35.5. The summed E-state index contributed by atoms with van der Waals surface area (Å²) in [6.45, 7) is 0.556. The van der Waals surface area contributed by atoms with Crippen molar-refractivity contribution < 1.29 is 0 Å². The largest absolute Gasteiger partial charge is 0.310 e. The lowest BCUT2D eigenvalue weighted by Gasteiger charge is -2.05. The molecule has 0 radical (unpaired) electrons. The van der Waals surface area contributed by atoms with Crippen LogP contribution in [-0.4, -0.2) is 4.57 Å². The Morgan fingerprint density at radius 3 is 2.53 bits per heavy atom. The summed E-state index contributed by atoms with van der Waals surface area (Å²) in [5, 5.41) is 0.575. The quantitative estimate of drug-likeness (QED) is 0.761. The smallest absolute Gasteiger partial charge is 0.250 e. The summed E-state index contributed by atoms with van der Waals surface area (Å²) in [6.07, 6.45) is 1.65. The molecule has 0 saturated heterocycles. The van der Waals surface area contributed by atoms with Gasteiger partial charge in [-0.2, -0.15) is 0 Å². The van der Waals surface area contributed by atoms with Crippen LogP contribution in [0.2, 0.25) is 5.02 Å². The molecule has 15 heavy (non-hydrogen) atoms. The monoisotopic (exact) mass is 219 g/mol. The first kappa shape index (κ1) is 9.99. The third-order valence-electron chi connectivity index (χ3n) is 2.14. The van der Waals surface area contributed by atoms with Gasteiger partial charge in [-0.05, 0) is 11.6 Å². The van der Waals surface area contributed by atoms with E-state index in [1.807, 2.05) is 30.3 Å². The molecule has 1 aromatic heterocycles. The van der Waals surface area contributed by atoms with Crippen molar-refractivity contribution in [1.29, 1.82) is 0 Å². The summed E-state index contributed by atoms with van der Waals surface area (Å²) < 4.78 is 1.59. The summed E-state index contributed by atoms with van der Waals surface area (Å²) in [6, 6.07) is 12.9. The first-order chi connectivity index (χ1) is 7.25. The van der Waals surface area contributed by atoms with Gasteiger partial charge in [0.25, 0.3) is 5.56 Å². The lowest BCUT2D eigenvalue weighted by atomic mass is 10.2. The fraction of sp³-hybridized carbons (Fsp3) is 0.0833. The highest BCUT2D eigenvalue weighted by Crippen LogP contribution is 2.05. The fourth-order valence-electron chi connectivity index (χ4n) is 1.41. The summed E-state index contributed by atoms with van der Waals surface area (Å²) in [4.78, 5) is 11.5. The molecule has 0 atom stereocenters. The number of pyridine rings is 1. The zero-order valence-electron chi connectivity index (χ0n) is 8.06. The van der Waals surface area contributed by atoms with Crippen LogP contribution in [0.3, 0.4) is 0 Å². The predicted octanol–water partition coefficient (Wildman–Crippen LogP) is 2.55. The van der Waals surface area contributed by atoms with Gasteiger partial charge in [-0.15, -0.1) is 0 Å². The number of hydrogen-bond acceptors (Lipinski definition) is 1. The Labute approximate surface area is 92.7 Å². The zero-order chi connectivity index (χ0) is 10.7. The van der Waals surface area contributed by atoms with Gasteiger partial charge < -0.3 is 4.57 Å². The average molecular weight is 220 g/mol. The van der Waals surface area contributed by atoms with Crippen LogP contribution in [0.1, 0.15) is 5.56 Å². The van der Waals surface area contributed by atoms with Crippen molar-refractivity contribution in [2.75, 3.05) is 0 Å². The molecular weight excluding hydrogens is 210 g/mol. The standard InChI is InChI=1S/C12H10ClNO/c13-11-6-7-12(15)14(9-11)8-10-4-2-1-3-5-10/h1-7,9H,8H2. The van der Waals surface area contributed by atoms with Crippen molar-refractivity contribution >= 4 is 11.6 Å². The van der Waals surface area contributed by atoms with Gasteiger partial charge in [0.1, 0.15) is 0 Å². The Morgan fingerprint density at radius 1 is 1.07 bits per heavy atom. The van der Waals surface area contributed by atoms with E-state index in [4.69, 9.17) is 11.6 Å². The van der Waals surface area contributed by atoms with Crippen LogP contribution in [-0.2, 0) is 6.54 Å². The molecule has 0 amide bonds. The molecule has 2 rings (SSSR count). The Balaban J connectivity index is 2.32. The van der Waals surface area contributed by atoms with Crippen molar-refractivity contribution in [1.82, 2.24) is 4.57 Å². The van der Waals surface area contributed by atoms with E-state index in [9.17, 15) is 4.79 Å². The summed E-state index contributed by atoms with van der Waals surface area (Å²) in [7, 11) is 0. The Morgan fingerprint density at radius 2 is 1.80 bits per heavy atom. The second-order valence-corrected chi connectivity index (χ2v) is 3.74. The average Bonchev–Trinajstić information content (AvgIpc) is 2.25. The van der Waals surface area contributed by atoms with E-state index in [1.165, 1.54) is 6.07 Å². The number of benzene rings is 1. The molecule has 0 aliphatic rings. The summed E-state index contributed by atoms with van der Waals surface area (Å²) in [5.74, 6) is 0. The highest BCUT2D eigenvalue weighted by Gasteiger charge is 1.97. The molecular formula is C12H10ClNO. The van der Waals surface area contributed by atoms with Crippen molar-refractivity contribution in [2.24, 2.45) is 0 Å². The molecule has 0 spiro atoms. The van der Waals surface area contributed by atoms with E-state index in [2.05, 4.69) is 0 Å². The van der Waals surface area contributed by atoms with E-state index >= 15 is 0 Å². The van der Waals surface area contributed by atoms with Crippen molar-refractivity contribution in [3.8, 4) is 0 Å². The third-order valence-corrected chi connectivity index (χ3v) is 2.37. The first-order valence-corrected chi connectivity index (χ1v) is 5.03. The lowest BCUT2D eigenvalue weighted by Crippen LogP contribution is -2.18. The molecule has 0 N–H and O–H groups in total. The summed E-state index contributed by atoms with van der Waals surface area (Å²) >= 11 is 5.82.